The van der Waals surface area contributed by atoms with Crippen LogP contribution < -0.4 is 0 Å². The topological polar surface area (TPSA) is 74.7 Å². The number of hydrogen-bond acceptors (Lipinski definition) is 4. The van der Waals surface area contributed by atoms with Crippen LogP contribution in [0.5, 0.6) is 0 Å². The van der Waals surface area contributed by atoms with Gasteiger partial charge in [0.05, 0.1) is 5.75 Å². The minimum Gasteiger partial charge on any atom is -0.480 e. The zero-order valence-corrected chi connectivity index (χ0v) is 7.13. The number of carboxylic acids is 1. The standard InChI is InChI=1S/C6H7NO4S/c1-3(5(9)10)7-4(8)2-12-6(7)11/h3H,2H2,1H3,(H,9,10)/t3-/m0/s1. The largest absolute Gasteiger partial charge is 0.480 e. The SMILES string of the molecule is C[C@@H](C(=O)O)N1C(=O)CSC1=O. The molecule has 0 unspecified atom stereocenters. The number of imide groups is 1. The molecule has 12 heavy (non-hydrogen) atoms. The van der Waals surface area contributed by atoms with Gasteiger partial charge < -0.3 is 5.11 Å². The minimum absolute atomic E-state index is 0.0520. The molecule has 0 aromatic heterocycles. The maximum Gasteiger partial charge on any atom is 0.326 e. The summed E-state index contributed by atoms with van der Waals surface area (Å²) in [5, 5.41) is 8.05. The summed E-state index contributed by atoms with van der Waals surface area (Å²) in [5.74, 6) is -1.55. The summed E-state index contributed by atoms with van der Waals surface area (Å²) in [7, 11) is 0. The lowest BCUT2D eigenvalue weighted by atomic mass is 10.3. The lowest BCUT2D eigenvalue weighted by molar-refractivity contribution is -0.145. The lowest BCUT2D eigenvalue weighted by Crippen LogP contribution is -2.41. The summed E-state index contributed by atoms with van der Waals surface area (Å²) in [4.78, 5) is 33.1. The molecular formula is C6H7NO4S. The molecule has 0 spiro atoms. The number of hydrogen-bond donors (Lipinski definition) is 1. The van der Waals surface area contributed by atoms with E-state index in [4.69, 9.17) is 5.11 Å². The summed E-state index contributed by atoms with van der Waals surface area (Å²) in [6.45, 7) is 1.31. The molecule has 6 heteroatoms. The molecule has 2 amide bonds. The molecule has 0 saturated carbocycles. The molecule has 1 aliphatic rings. The highest BCUT2D eigenvalue weighted by molar-refractivity contribution is 8.14. The molecule has 0 aliphatic carbocycles. The fourth-order valence-corrected chi connectivity index (χ4v) is 1.63. The molecule has 0 bridgehead atoms. The van der Waals surface area contributed by atoms with Crippen molar-refractivity contribution in [3.63, 3.8) is 0 Å². The van der Waals surface area contributed by atoms with E-state index in [-0.39, 0.29) is 5.75 Å². The summed E-state index contributed by atoms with van der Waals surface area (Å²) in [6.07, 6.45) is 0. The fraction of sp³-hybridized carbons (Fsp3) is 0.500. The van der Waals surface area contributed by atoms with Crippen molar-refractivity contribution in [3.05, 3.63) is 0 Å². The van der Waals surface area contributed by atoms with Crippen LogP contribution >= 0.6 is 11.8 Å². The maximum absolute atomic E-state index is 11.0. The molecule has 1 aliphatic heterocycles. The quantitative estimate of drug-likeness (QED) is 0.669. The van der Waals surface area contributed by atoms with Crippen molar-refractivity contribution in [2.75, 3.05) is 5.75 Å². The normalized spacial score (nSPS) is 19.9. The molecule has 0 aromatic carbocycles. The van der Waals surface area contributed by atoms with E-state index in [0.29, 0.717) is 0 Å². The molecule has 0 radical (unpaired) electrons. The van der Waals surface area contributed by atoms with Crippen molar-refractivity contribution >= 4 is 28.9 Å². The van der Waals surface area contributed by atoms with E-state index in [2.05, 4.69) is 0 Å². The second-order valence-corrected chi connectivity index (χ2v) is 3.26. The van der Waals surface area contributed by atoms with Crippen LogP contribution in [-0.2, 0) is 9.59 Å². The van der Waals surface area contributed by atoms with Crippen LogP contribution in [0.15, 0.2) is 0 Å². The van der Waals surface area contributed by atoms with E-state index in [1.807, 2.05) is 0 Å². The number of aliphatic carboxylic acids is 1. The highest BCUT2D eigenvalue weighted by Crippen LogP contribution is 2.21. The summed E-state index contributed by atoms with van der Waals surface area (Å²) in [6, 6.07) is -1.06. The third-order valence-corrected chi connectivity index (χ3v) is 2.36. The van der Waals surface area contributed by atoms with Gasteiger partial charge in [0.1, 0.15) is 6.04 Å². The van der Waals surface area contributed by atoms with Crippen LogP contribution in [0.2, 0.25) is 0 Å². The predicted octanol–water partition coefficient (Wildman–Crippen LogP) is 0.155. The van der Waals surface area contributed by atoms with Gasteiger partial charge in [-0.1, -0.05) is 11.8 Å². The van der Waals surface area contributed by atoms with Gasteiger partial charge in [-0.3, -0.25) is 14.5 Å². The van der Waals surface area contributed by atoms with Gasteiger partial charge in [0.25, 0.3) is 5.24 Å². The monoisotopic (exact) mass is 189 g/mol. The first kappa shape index (κ1) is 9.05. The zero-order valence-electron chi connectivity index (χ0n) is 6.31. The second-order valence-electron chi connectivity index (χ2n) is 2.33. The van der Waals surface area contributed by atoms with Gasteiger partial charge in [0.15, 0.2) is 0 Å². The van der Waals surface area contributed by atoms with Crippen molar-refractivity contribution in [3.8, 4) is 0 Å². The van der Waals surface area contributed by atoms with Crippen LogP contribution in [0.25, 0.3) is 0 Å². The van der Waals surface area contributed by atoms with Crippen LogP contribution in [0.1, 0.15) is 6.92 Å². The first-order valence-corrected chi connectivity index (χ1v) is 4.24. The third-order valence-electron chi connectivity index (χ3n) is 1.53. The van der Waals surface area contributed by atoms with Crippen LogP contribution in [0.4, 0.5) is 4.79 Å². The van der Waals surface area contributed by atoms with E-state index >= 15 is 0 Å². The molecule has 1 fully saturated rings. The van der Waals surface area contributed by atoms with E-state index in [0.717, 1.165) is 16.7 Å². The van der Waals surface area contributed by atoms with Crippen molar-refractivity contribution in [2.24, 2.45) is 0 Å². The molecule has 1 N–H and O–H groups in total. The average molecular weight is 189 g/mol. The molecule has 66 valence electrons. The molecule has 1 atom stereocenters. The van der Waals surface area contributed by atoms with Crippen LogP contribution in [0.3, 0.4) is 0 Å². The molecule has 5 nitrogen and oxygen atoms in total. The Bertz CT molecular complexity index is 236. The number of nitrogens with zero attached hydrogens (tertiary/aromatic N) is 1. The number of carbonyl (C=O) groups excluding carboxylic acids is 2. The van der Waals surface area contributed by atoms with E-state index in [1.54, 1.807) is 0 Å². The highest BCUT2D eigenvalue weighted by Gasteiger charge is 2.36. The van der Waals surface area contributed by atoms with Crippen molar-refractivity contribution in [1.82, 2.24) is 4.90 Å². The predicted molar refractivity (Wildman–Crippen MR) is 41.8 cm³/mol. The van der Waals surface area contributed by atoms with E-state index in [9.17, 15) is 14.4 Å². The number of carboxylic acid groups (broad SMARTS) is 1. The van der Waals surface area contributed by atoms with E-state index < -0.39 is 23.2 Å². The maximum atomic E-state index is 11.0. The third kappa shape index (κ3) is 1.42. The Morgan fingerprint density at radius 3 is 2.58 bits per heavy atom. The second kappa shape index (κ2) is 3.14. The van der Waals surface area contributed by atoms with Gasteiger partial charge in [-0.25, -0.2) is 4.79 Å². The van der Waals surface area contributed by atoms with Gasteiger partial charge in [-0.15, -0.1) is 0 Å². The number of carbonyl (C=O) groups is 3. The summed E-state index contributed by atoms with van der Waals surface area (Å²) in [5.41, 5.74) is 0. The zero-order chi connectivity index (χ0) is 9.30. The minimum atomic E-state index is -1.17. The van der Waals surface area contributed by atoms with Crippen molar-refractivity contribution in [1.29, 1.82) is 0 Å². The number of rotatable bonds is 2. The Hall–Kier alpha value is -1.04. The van der Waals surface area contributed by atoms with Crippen LogP contribution in [-0.4, -0.2) is 38.9 Å². The smallest absolute Gasteiger partial charge is 0.326 e. The molecule has 1 heterocycles. The van der Waals surface area contributed by atoms with Crippen LogP contribution in [0, 0.1) is 0 Å². The highest BCUT2D eigenvalue weighted by atomic mass is 32.2. The summed E-state index contributed by atoms with van der Waals surface area (Å²) >= 11 is 0.833. The molecule has 1 rings (SSSR count). The Labute approximate surface area is 72.7 Å². The Balaban J connectivity index is 2.79. The number of amides is 2. The van der Waals surface area contributed by atoms with Gasteiger partial charge in [0.2, 0.25) is 5.91 Å². The summed E-state index contributed by atoms with van der Waals surface area (Å²) < 4.78 is 0. The Kier molecular flexibility index (Phi) is 2.37. The molecule has 0 aromatic rings. The van der Waals surface area contributed by atoms with Gasteiger partial charge in [-0.05, 0) is 6.92 Å². The van der Waals surface area contributed by atoms with Crippen molar-refractivity contribution in [2.45, 2.75) is 13.0 Å². The molecular weight excluding hydrogens is 182 g/mol. The van der Waals surface area contributed by atoms with Gasteiger partial charge in [0, 0.05) is 0 Å². The van der Waals surface area contributed by atoms with Gasteiger partial charge >= 0.3 is 5.97 Å². The average Bonchev–Trinajstić information content (AvgIpc) is 2.30. The molecule has 1 saturated heterocycles. The fourth-order valence-electron chi connectivity index (χ4n) is 0.849. The van der Waals surface area contributed by atoms with Crippen molar-refractivity contribution < 1.29 is 19.5 Å². The Morgan fingerprint density at radius 1 is 1.67 bits per heavy atom. The van der Waals surface area contributed by atoms with Gasteiger partial charge in [-0.2, -0.15) is 0 Å². The first-order chi connectivity index (χ1) is 5.54. The first-order valence-electron chi connectivity index (χ1n) is 3.25. The lowest BCUT2D eigenvalue weighted by Gasteiger charge is -2.16. The number of thioether (sulfide) groups is 1. The van der Waals surface area contributed by atoms with E-state index in [1.165, 1.54) is 6.92 Å². The Morgan fingerprint density at radius 2 is 2.25 bits per heavy atom.